The Bertz CT molecular complexity index is 1020. The second kappa shape index (κ2) is 7.43. The Morgan fingerprint density at radius 3 is 2.46 bits per heavy atom. The number of anilines is 1. The monoisotopic (exact) mass is 471 g/mol. The highest BCUT2D eigenvalue weighted by Gasteiger charge is 2.19. The van der Waals surface area contributed by atoms with Crippen LogP contribution in [0, 0.1) is 3.57 Å². The van der Waals surface area contributed by atoms with Crippen LogP contribution in [0.2, 0.25) is 0 Å². The molecule has 0 bridgehead atoms. The zero-order chi connectivity index (χ0) is 17.9. The van der Waals surface area contributed by atoms with Crippen molar-refractivity contribution in [2.75, 3.05) is 5.32 Å². The standard InChI is InChI=1S/C20H14IN3OS/c21-14-8-10-15(11-9-14)22-20(25)17-13-24(16-5-2-1-3-6-16)23-19(17)18-7-4-12-26-18/h1-13H,(H,22,25). The summed E-state index contributed by atoms with van der Waals surface area (Å²) in [6.07, 6.45) is 1.78. The number of halogens is 1. The molecular weight excluding hydrogens is 457 g/mol. The number of carbonyl (C=O) groups is 1. The maximum Gasteiger partial charge on any atom is 0.259 e. The molecule has 0 spiro atoms. The van der Waals surface area contributed by atoms with E-state index >= 15 is 0 Å². The van der Waals surface area contributed by atoms with E-state index in [1.807, 2.05) is 72.1 Å². The average Bonchev–Trinajstić information content (AvgIpc) is 3.34. The summed E-state index contributed by atoms with van der Waals surface area (Å²) in [4.78, 5) is 13.9. The van der Waals surface area contributed by atoms with E-state index in [1.165, 1.54) is 0 Å². The molecule has 128 valence electrons. The van der Waals surface area contributed by atoms with Crippen LogP contribution < -0.4 is 5.32 Å². The molecule has 1 amide bonds. The molecule has 0 saturated carbocycles. The van der Waals surface area contributed by atoms with Crippen molar-refractivity contribution in [2.45, 2.75) is 0 Å². The summed E-state index contributed by atoms with van der Waals surface area (Å²) < 4.78 is 2.87. The fourth-order valence-corrected chi connectivity index (χ4v) is 3.66. The highest BCUT2D eigenvalue weighted by atomic mass is 127. The van der Waals surface area contributed by atoms with Crippen LogP contribution in [0.5, 0.6) is 0 Å². The number of amides is 1. The number of rotatable bonds is 4. The predicted molar refractivity (Wildman–Crippen MR) is 114 cm³/mol. The molecule has 0 radical (unpaired) electrons. The summed E-state index contributed by atoms with van der Waals surface area (Å²) in [5, 5.41) is 9.61. The summed E-state index contributed by atoms with van der Waals surface area (Å²) in [5.41, 5.74) is 2.92. The minimum absolute atomic E-state index is 0.170. The van der Waals surface area contributed by atoms with Crippen LogP contribution in [0.4, 0.5) is 5.69 Å². The van der Waals surface area contributed by atoms with E-state index < -0.39 is 0 Å². The Kier molecular flexibility index (Phi) is 4.85. The van der Waals surface area contributed by atoms with E-state index in [-0.39, 0.29) is 5.91 Å². The predicted octanol–water partition coefficient (Wildman–Crippen LogP) is 5.46. The van der Waals surface area contributed by atoms with Crippen molar-refractivity contribution in [3.63, 3.8) is 0 Å². The van der Waals surface area contributed by atoms with Gasteiger partial charge in [-0.25, -0.2) is 4.68 Å². The van der Waals surface area contributed by atoms with Gasteiger partial charge in [0.05, 0.1) is 16.1 Å². The van der Waals surface area contributed by atoms with Crippen LogP contribution in [0.25, 0.3) is 16.3 Å². The van der Waals surface area contributed by atoms with Crippen LogP contribution in [0.3, 0.4) is 0 Å². The largest absolute Gasteiger partial charge is 0.322 e. The molecule has 6 heteroatoms. The molecule has 0 fully saturated rings. The van der Waals surface area contributed by atoms with Gasteiger partial charge in [-0.3, -0.25) is 4.79 Å². The van der Waals surface area contributed by atoms with E-state index in [1.54, 1.807) is 22.2 Å². The van der Waals surface area contributed by atoms with Crippen molar-refractivity contribution in [1.29, 1.82) is 0 Å². The molecule has 2 aromatic heterocycles. The number of carbonyl (C=O) groups excluding carboxylic acids is 1. The van der Waals surface area contributed by atoms with Gasteiger partial charge >= 0.3 is 0 Å². The lowest BCUT2D eigenvalue weighted by molar-refractivity contribution is 0.102. The van der Waals surface area contributed by atoms with Gasteiger partial charge in [-0.1, -0.05) is 24.3 Å². The number of aromatic nitrogens is 2. The zero-order valence-corrected chi connectivity index (χ0v) is 16.6. The first-order chi connectivity index (χ1) is 12.7. The third-order valence-electron chi connectivity index (χ3n) is 3.84. The van der Waals surface area contributed by atoms with Crippen molar-refractivity contribution < 1.29 is 4.79 Å². The first-order valence-electron chi connectivity index (χ1n) is 7.96. The zero-order valence-electron chi connectivity index (χ0n) is 13.6. The van der Waals surface area contributed by atoms with Crippen LogP contribution >= 0.6 is 33.9 Å². The molecule has 0 saturated heterocycles. The SMILES string of the molecule is O=C(Nc1ccc(I)cc1)c1cn(-c2ccccc2)nc1-c1cccs1. The van der Waals surface area contributed by atoms with Gasteiger partial charge in [0.2, 0.25) is 0 Å². The first-order valence-corrected chi connectivity index (χ1v) is 9.92. The molecule has 0 atom stereocenters. The second-order valence-corrected chi connectivity index (χ2v) is 7.80. The molecule has 0 aliphatic carbocycles. The van der Waals surface area contributed by atoms with Crippen molar-refractivity contribution in [1.82, 2.24) is 9.78 Å². The van der Waals surface area contributed by atoms with Crippen molar-refractivity contribution in [2.24, 2.45) is 0 Å². The lowest BCUT2D eigenvalue weighted by Crippen LogP contribution is -2.12. The van der Waals surface area contributed by atoms with Gasteiger partial charge in [0.25, 0.3) is 5.91 Å². The van der Waals surface area contributed by atoms with E-state index in [2.05, 4.69) is 33.0 Å². The fourth-order valence-electron chi connectivity index (χ4n) is 2.58. The van der Waals surface area contributed by atoms with Crippen LogP contribution in [-0.4, -0.2) is 15.7 Å². The normalized spacial score (nSPS) is 10.7. The number of nitrogens with one attached hydrogen (secondary N) is 1. The number of nitrogens with zero attached hydrogens (tertiary/aromatic N) is 2. The van der Waals surface area contributed by atoms with Gasteiger partial charge in [0.15, 0.2) is 0 Å². The van der Waals surface area contributed by atoms with Gasteiger partial charge in [-0.2, -0.15) is 5.10 Å². The van der Waals surface area contributed by atoms with Crippen molar-refractivity contribution >= 4 is 45.5 Å². The number of para-hydroxylation sites is 1. The summed E-state index contributed by atoms with van der Waals surface area (Å²) in [6, 6.07) is 21.4. The molecule has 4 aromatic rings. The molecule has 1 N–H and O–H groups in total. The van der Waals surface area contributed by atoms with Gasteiger partial charge < -0.3 is 5.32 Å². The lowest BCUT2D eigenvalue weighted by Gasteiger charge is -2.04. The second-order valence-electron chi connectivity index (χ2n) is 5.61. The molecule has 2 heterocycles. The molecule has 26 heavy (non-hydrogen) atoms. The minimum Gasteiger partial charge on any atom is -0.322 e. The highest BCUT2D eigenvalue weighted by molar-refractivity contribution is 14.1. The number of hydrogen-bond donors (Lipinski definition) is 1. The Morgan fingerprint density at radius 2 is 1.77 bits per heavy atom. The fraction of sp³-hybridized carbons (Fsp3) is 0. The highest BCUT2D eigenvalue weighted by Crippen LogP contribution is 2.28. The summed E-state index contributed by atoms with van der Waals surface area (Å²) in [5.74, 6) is -0.170. The number of thiophene rings is 1. The van der Waals surface area contributed by atoms with E-state index in [4.69, 9.17) is 0 Å². The van der Waals surface area contributed by atoms with Crippen molar-refractivity contribution in [3.8, 4) is 16.3 Å². The molecule has 0 aliphatic rings. The van der Waals surface area contributed by atoms with Gasteiger partial charge in [-0.05, 0) is 70.4 Å². The Hall–Kier alpha value is -2.45. The Labute approximate surface area is 168 Å². The van der Waals surface area contributed by atoms with Crippen molar-refractivity contribution in [3.05, 3.63) is 87.4 Å². The summed E-state index contributed by atoms with van der Waals surface area (Å²) >= 11 is 3.81. The van der Waals surface area contributed by atoms with E-state index in [0.29, 0.717) is 11.3 Å². The van der Waals surface area contributed by atoms with Gasteiger partial charge in [0, 0.05) is 15.5 Å². The molecular formula is C20H14IN3OS. The smallest absolute Gasteiger partial charge is 0.259 e. The Balaban J connectivity index is 1.72. The maximum atomic E-state index is 12.9. The molecule has 4 rings (SSSR count). The first kappa shape index (κ1) is 17.0. The number of benzene rings is 2. The van der Waals surface area contributed by atoms with Gasteiger partial charge in [-0.15, -0.1) is 11.3 Å². The molecule has 0 aliphatic heterocycles. The average molecular weight is 471 g/mol. The van der Waals surface area contributed by atoms with E-state index in [0.717, 1.165) is 19.8 Å². The van der Waals surface area contributed by atoms with Crippen LogP contribution in [-0.2, 0) is 0 Å². The molecule has 0 unspecified atom stereocenters. The quantitative estimate of drug-likeness (QED) is 0.402. The lowest BCUT2D eigenvalue weighted by atomic mass is 10.2. The van der Waals surface area contributed by atoms with Gasteiger partial charge in [0.1, 0.15) is 5.69 Å². The summed E-state index contributed by atoms with van der Waals surface area (Å²) in [7, 11) is 0. The molecule has 4 nitrogen and oxygen atoms in total. The third-order valence-corrected chi connectivity index (χ3v) is 5.43. The summed E-state index contributed by atoms with van der Waals surface area (Å²) in [6.45, 7) is 0. The number of hydrogen-bond acceptors (Lipinski definition) is 3. The molecule has 2 aromatic carbocycles. The Morgan fingerprint density at radius 1 is 1.00 bits per heavy atom. The maximum absolute atomic E-state index is 12.9. The third kappa shape index (κ3) is 3.56. The van der Waals surface area contributed by atoms with Crippen LogP contribution in [0.15, 0.2) is 78.3 Å². The van der Waals surface area contributed by atoms with Crippen LogP contribution in [0.1, 0.15) is 10.4 Å². The van der Waals surface area contributed by atoms with E-state index in [9.17, 15) is 4.79 Å². The minimum atomic E-state index is -0.170. The topological polar surface area (TPSA) is 46.9 Å².